The predicted octanol–water partition coefficient (Wildman–Crippen LogP) is 5.62. The number of nitrogens with zero attached hydrogens (tertiary/aromatic N) is 2. The van der Waals surface area contributed by atoms with Gasteiger partial charge >= 0.3 is 0 Å². The SMILES string of the molecule is CC[C@@H](C)NC(=O)[C@@H](Cc1ccccc1)N(Cc1ccccc1C)C(=O)CN(c1ccc(Cl)cc1Cl)S(C)(=O)=O. The fourth-order valence-corrected chi connectivity index (χ4v) is 5.67. The topological polar surface area (TPSA) is 86.8 Å². The quantitative estimate of drug-likeness (QED) is 0.291. The number of aryl methyl sites for hydroxylation is 1. The van der Waals surface area contributed by atoms with Crippen LogP contribution in [-0.4, -0.2) is 50.0 Å². The molecule has 3 aromatic carbocycles. The Morgan fingerprint density at radius 3 is 2.23 bits per heavy atom. The Morgan fingerprint density at radius 1 is 0.975 bits per heavy atom. The molecule has 0 aliphatic carbocycles. The normalized spacial score (nSPS) is 12.8. The minimum Gasteiger partial charge on any atom is -0.352 e. The smallest absolute Gasteiger partial charge is 0.244 e. The van der Waals surface area contributed by atoms with Gasteiger partial charge in [-0.15, -0.1) is 0 Å². The van der Waals surface area contributed by atoms with Crippen molar-refractivity contribution in [3.8, 4) is 0 Å². The minimum atomic E-state index is -3.93. The van der Waals surface area contributed by atoms with Crippen LogP contribution >= 0.6 is 23.2 Å². The van der Waals surface area contributed by atoms with E-state index in [4.69, 9.17) is 23.2 Å². The molecule has 2 amide bonds. The summed E-state index contributed by atoms with van der Waals surface area (Å²) in [7, 11) is -3.93. The number of sulfonamides is 1. The van der Waals surface area contributed by atoms with E-state index in [0.717, 1.165) is 27.3 Å². The largest absolute Gasteiger partial charge is 0.352 e. The van der Waals surface area contributed by atoms with Crippen LogP contribution in [0.15, 0.2) is 72.8 Å². The molecule has 3 rings (SSSR count). The third kappa shape index (κ3) is 8.46. The predicted molar refractivity (Wildman–Crippen MR) is 162 cm³/mol. The molecule has 0 spiro atoms. The summed E-state index contributed by atoms with van der Waals surface area (Å²) in [4.78, 5) is 29.3. The van der Waals surface area contributed by atoms with Crippen molar-refractivity contribution >= 4 is 50.7 Å². The summed E-state index contributed by atoms with van der Waals surface area (Å²) in [5.74, 6) is -0.851. The number of halogens is 2. The molecular weight excluding hydrogens is 569 g/mol. The zero-order chi connectivity index (χ0) is 29.4. The van der Waals surface area contributed by atoms with Crippen LogP contribution in [0.25, 0.3) is 0 Å². The monoisotopic (exact) mass is 603 g/mol. The van der Waals surface area contributed by atoms with Gasteiger partial charge in [-0.25, -0.2) is 8.42 Å². The Kier molecular flexibility index (Phi) is 11.0. The molecule has 214 valence electrons. The van der Waals surface area contributed by atoms with Gasteiger partial charge in [-0.05, 0) is 55.2 Å². The Labute approximate surface area is 247 Å². The van der Waals surface area contributed by atoms with Crippen LogP contribution in [0.1, 0.15) is 37.0 Å². The zero-order valence-corrected chi connectivity index (χ0v) is 25.4. The van der Waals surface area contributed by atoms with Gasteiger partial charge in [-0.3, -0.25) is 13.9 Å². The molecule has 10 heteroatoms. The number of carbonyl (C=O) groups excluding carboxylic acids is 2. The van der Waals surface area contributed by atoms with Gasteiger partial charge in [-0.2, -0.15) is 0 Å². The first-order chi connectivity index (χ1) is 18.9. The van der Waals surface area contributed by atoms with E-state index in [2.05, 4.69) is 5.32 Å². The molecule has 0 saturated heterocycles. The highest BCUT2D eigenvalue weighted by Crippen LogP contribution is 2.31. The number of anilines is 1. The van der Waals surface area contributed by atoms with Crippen molar-refractivity contribution in [2.75, 3.05) is 17.1 Å². The van der Waals surface area contributed by atoms with E-state index >= 15 is 0 Å². The summed E-state index contributed by atoms with van der Waals surface area (Å²) in [6.45, 7) is 5.36. The van der Waals surface area contributed by atoms with E-state index in [1.165, 1.54) is 23.1 Å². The second-order valence-electron chi connectivity index (χ2n) is 9.84. The third-order valence-corrected chi connectivity index (χ3v) is 8.40. The number of carbonyl (C=O) groups is 2. The second kappa shape index (κ2) is 14.0. The van der Waals surface area contributed by atoms with Crippen LogP contribution in [0, 0.1) is 6.92 Å². The fraction of sp³-hybridized carbons (Fsp3) is 0.333. The maximum Gasteiger partial charge on any atom is 0.244 e. The first-order valence-electron chi connectivity index (χ1n) is 13.0. The lowest BCUT2D eigenvalue weighted by atomic mass is 10.0. The van der Waals surface area contributed by atoms with Crippen LogP contribution in [0.3, 0.4) is 0 Å². The molecule has 0 unspecified atom stereocenters. The molecule has 7 nitrogen and oxygen atoms in total. The van der Waals surface area contributed by atoms with Crippen molar-refractivity contribution in [3.63, 3.8) is 0 Å². The van der Waals surface area contributed by atoms with Crippen molar-refractivity contribution in [3.05, 3.63) is 99.5 Å². The van der Waals surface area contributed by atoms with E-state index in [1.54, 1.807) is 0 Å². The van der Waals surface area contributed by atoms with E-state index < -0.39 is 28.5 Å². The molecule has 1 N–H and O–H groups in total. The van der Waals surface area contributed by atoms with Crippen LogP contribution in [0.4, 0.5) is 5.69 Å². The second-order valence-corrected chi connectivity index (χ2v) is 12.6. The standard InChI is InChI=1S/C30H35Cl2N3O4S/c1-5-22(3)33-30(37)28(17-23-12-7-6-8-13-23)34(19-24-14-10-9-11-21(24)2)29(36)20-35(40(4,38)39)27-16-15-25(31)18-26(27)32/h6-16,18,22,28H,5,17,19-20H2,1-4H3,(H,33,37)/t22-,28-/m1/s1. The maximum absolute atomic E-state index is 14.1. The molecule has 0 bridgehead atoms. The van der Waals surface area contributed by atoms with Gasteiger partial charge < -0.3 is 10.2 Å². The van der Waals surface area contributed by atoms with E-state index in [-0.39, 0.29) is 35.6 Å². The number of rotatable bonds is 12. The molecule has 0 heterocycles. The molecule has 0 aliphatic rings. The molecule has 0 aliphatic heterocycles. The highest BCUT2D eigenvalue weighted by molar-refractivity contribution is 7.92. The first kappa shape index (κ1) is 31.5. The van der Waals surface area contributed by atoms with Crippen molar-refractivity contribution in [1.29, 1.82) is 0 Å². The number of amides is 2. The first-order valence-corrected chi connectivity index (χ1v) is 15.6. The van der Waals surface area contributed by atoms with Crippen molar-refractivity contribution in [2.24, 2.45) is 0 Å². The Morgan fingerprint density at radius 2 is 1.62 bits per heavy atom. The van der Waals surface area contributed by atoms with Crippen LogP contribution in [0.2, 0.25) is 10.0 Å². The molecular formula is C30H35Cl2N3O4S. The van der Waals surface area contributed by atoms with Crippen molar-refractivity contribution in [1.82, 2.24) is 10.2 Å². The lowest BCUT2D eigenvalue weighted by Gasteiger charge is -2.34. The van der Waals surface area contributed by atoms with Gasteiger partial charge in [0.25, 0.3) is 0 Å². The van der Waals surface area contributed by atoms with Crippen molar-refractivity contribution in [2.45, 2.75) is 52.2 Å². The summed E-state index contributed by atoms with van der Waals surface area (Å²) < 4.78 is 26.8. The van der Waals surface area contributed by atoms with Gasteiger partial charge in [0.15, 0.2) is 0 Å². The number of benzene rings is 3. The van der Waals surface area contributed by atoms with Gasteiger partial charge in [-0.1, -0.05) is 84.7 Å². The Bertz CT molecular complexity index is 1430. The molecule has 0 radical (unpaired) electrons. The van der Waals surface area contributed by atoms with Crippen LogP contribution in [0.5, 0.6) is 0 Å². The maximum atomic E-state index is 14.1. The Balaban J connectivity index is 2.09. The fourth-order valence-electron chi connectivity index (χ4n) is 4.24. The van der Waals surface area contributed by atoms with Gasteiger partial charge in [0.05, 0.1) is 17.0 Å². The minimum absolute atomic E-state index is 0.0894. The molecule has 3 aromatic rings. The summed E-state index contributed by atoms with van der Waals surface area (Å²) in [6, 6.07) is 20.4. The number of hydrogen-bond donors (Lipinski definition) is 1. The highest BCUT2D eigenvalue weighted by Gasteiger charge is 2.34. The third-order valence-electron chi connectivity index (χ3n) is 6.73. The molecule has 2 atom stereocenters. The lowest BCUT2D eigenvalue weighted by Crippen LogP contribution is -2.54. The average Bonchev–Trinajstić information content (AvgIpc) is 2.90. The summed E-state index contributed by atoms with van der Waals surface area (Å²) in [5.41, 5.74) is 2.79. The van der Waals surface area contributed by atoms with Crippen molar-refractivity contribution < 1.29 is 18.0 Å². The number of hydrogen-bond acceptors (Lipinski definition) is 4. The average molecular weight is 605 g/mol. The van der Waals surface area contributed by atoms with Crippen LogP contribution in [-0.2, 0) is 32.6 Å². The zero-order valence-electron chi connectivity index (χ0n) is 23.1. The molecule has 40 heavy (non-hydrogen) atoms. The van der Waals surface area contributed by atoms with Gasteiger partial charge in [0.2, 0.25) is 21.8 Å². The Hall–Kier alpha value is -3.07. The molecule has 0 saturated carbocycles. The van der Waals surface area contributed by atoms with Gasteiger partial charge in [0, 0.05) is 24.0 Å². The van der Waals surface area contributed by atoms with E-state index in [1.807, 2.05) is 75.4 Å². The van der Waals surface area contributed by atoms with E-state index in [9.17, 15) is 18.0 Å². The summed E-state index contributed by atoms with van der Waals surface area (Å²) in [5, 5.41) is 3.44. The van der Waals surface area contributed by atoms with Gasteiger partial charge in [0.1, 0.15) is 12.6 Å². The van der Waals surface area contributed by atoms with Crippen LogP contribution < -0.4 is 9.62 Å². The highest BCUT2D eigenvalue weighted by atomic mass is 35.5. The summed E-state index contributed by atoms with van der Waals surface area (Å²) >= 11 is 12.4. The molecule has 0 aromatic heterocycles. The van der Waals surface area contributed by atoms with E-state index in [0.29, 0.717) is 11.4 Å². The lowest BCUT2D eigenvalue weighted by molar-refractivity contribution is -0.140. The number of nitrogens with one attached hydrogen (secondary N) is 1. The molecule has 0 fully saturated rings. The summed E-state index contributed by atoms with van der Waals surface area (Å²) in [6.07, 6.45) is 1.97.